The lowest BCUT2D eigenvalue weighted by atomic mass is 9.72. The number of nitrogens with one attached hydrogen (secondary N) is 2. The Bertz CT molecular complexity index is 967. The first kappa shape index (κ1) is 19.5. The van der Waals surface area contributed by atoms with Gasteiger partial charge in [0.1, 0.15) is 5.82 Å². The van der Waals surface area contributed by atoms with Crippen LogP contribution < -0.4 is 16.0 Å². The van der Waals surface area contributed by atoms with E-state index in [1.54, 1.807) is 0 Å². The first-order valence-corrected chi connectivity index (χ1v) is 10.4. The van der Waals surface area contributed by atoms with Gasteiger partial charge in [-0.25, -0.2) is 9.97 Å². The molecule has 0 unspecified atom stereocenters. The fourth-order valence-electron chi connectivity index (χ4n) is 3.51. The molecule has 1 aliphatic heterocycles. The van der Waals surface area contributed by atoms with Crippen LogP contribution in [-0.4, -0.2) is 54.7 Å². The first-order valence-electron chi connectivity index (χ1n) is 10.4. The number of para-hydroxylation sites is 1. The Hall–Kier alpha value is -2.87. The monoisotopic (exact) mass is 390 g/mol. The second-order valence-electron chi connectivity index (χ2n) is 7.24. The summed E-state index contributed by atoms with van der Waals surface area (Å²) in [5, 5.41) is 5.58. The van der Waals surface area contributed by atoms with Crippen LogP contribution in [0.3, 0.4) is 0 Å². The Morgan fingerprint density at radius 1 is 1.28 bits per heavy atom. The summed E-state index contributed by atoms with van der Waals surface area (Å²) in [5.74, 6) is 1.67. The molecule has 2 N–H and O–H groups in total. The number of ether oxygens (including phenoxy) is 1. The van der Waals surface area contributed by atoms with Gasteiger partial charge in [-0.15, -0.1) is 0 Å². The summed E-state index contributed by atoms with van der Waals surface area (Å²) >= 11 is 0. The third-order valence-corrected chi connectivity index (χ3v) is 5.10. The number of H-pyrrole nitrogens is 1. The van der Waals surface area contributed by atoms with Gasteiger partial charge in [-0.1, -0.05) is 44.3 Å². The summed E-state index contributed by atoms with van der Waals surface area (Å²) in [6.45, 7) is 5.37. The number of aromatic amines is 1. The highest BCUT2D eigenvalue weighted by atomic mass is 16.5. The van der Waals surface area contributed by atoms with Crippen LogP contribution in [-0.2, 0) is 4.74 Å². The predicted molar refractivity (Wildman–Crippen MR) is 121 cm³/mol. The van der Waals surface area contributed by atoms with Crippen molar-refractivity contribution < 1.29 is 4.74 Å². The largest absolute Gasteiger partial charge is 0.378 e. The van der Waals surface area contributed by atoms with E-state index in [1.165, 1.54) is 12.8 Å². The molecule has 0 bridgehead atoms. The molecule has 3 heterocycles. The Morgan fingerprint density at radius 3 is 3.00 bits per heavy atom. The lowest BCUT2D eigenvalue weighted by Gasteiger charge is -2.28. The van der Waals surface area contributed by atoms with Gasteiger partial charge in [-0.2, -0.15) is 5.10 Å². The molecule has 2 aromatic heterocycles. The van der Waals surface area contributed by atoms with Crippen molar-refractivity contribution in [3.05, 3.63) is 42.1 Å². The molecule has 29 heavy (non-hydrogen) atoms. The Morgan fingerprint density at radius 2 is 2.14 bits per heavy atom. The summed E-state index contributed by atoms with van der Waals surface area (Å²) in [6, 6.07) is 10.2. The van der Waals surface area contributed by atoms with Gasteiger partial charge in [0.25, 0.3) is 0 Å². The van der Waals surface area contributed by atoms with E-state index in [4.69, 9.17) is 9.72 Å². The van der Waals surface area contributed by atoms with E-state index in [-0.39, 0.29) is 0 Å². The molecule has 0 spiro atoms. The number of aromatic nitrogens is 3. The molecule has 0 aliphatic carbocycles. The number of hydrazone groups is 1. The van der Waals surface area contributed by atoms with Crippen LogP contribution in [0.15, 0.2) is 41.6 Å². The number of unbranched alkanes of at least 4 members (excludes halogenated alkanes) is 1. The van der Waals surface area contributed by atoms with Crippen molar-refractivity contribution in [1.82, 2.24) is 15.0 Å². The molecule has 150 valence electrons. The summed E-state index contributed by atoms with van der Waals surface area (Å²) in [6.07, 6.45) is 7.26. The standard InChI is InChI=1S/C21H27BN6O/c1-2-3-8-22-21-25-19(13-20(26-21)28-9-11-29-12-10-28)27-24-15-16-14-23-18-7-5-4-6-17(16)18/h4-7,13-15,22-23H,2-3,8-12H2,1H3,(H,25,26,27)/b24-15+. The van der Waals surface area contributed by atoms with Crippen LogP contribution in [0.1, 0.15) is 25.3 Å². The van der Waals surface area contributed by atoms with E-state index in [9.17, 15) is 0 Å². The average Bonchev–Trinajstić information content (AvgIpc) is 3.18. The number of nitrogens with zero attached hydrogens (tertiary/aromatic N) is 4. The van der Waals surface area contributed by atoms with Crippen molar-refractivity contribution in [2.24, 2.45) is 5.10 Å². The predicted octanol–water partition coefficient (Wildman–Crippen LogP) is 2.52. The summed E-state index contributed by atoms with van der Waals surface area (Å²) < 4.78 is 5.48. The number of anilines is 2. The van der Waals surface area contributed by atoms with Crippen molar-refractivity contribution in [2.45, 2.75) is 26.1 Å². The van der Waals surface area contributed by atoms with Crippen molar-refractivity contribution in [3.8, 4) is 0 Å². The molecular weight excluding hydrogens is 363 g/mol. The lowest BCUT2D eigenvalue weighted by molar-refractivity contribution is 0.122. The van der Waals surface area contributed by atoms with Crippen LogP contribution in [0.5, 0.6) is 0 Å². The molecule has 1 aromatic carbocycles. The molecule has 0 amide bonds. The highest BCUT2D eigenvalue weighted by Gasteiger charge is 2.15. The van der Waals surface area contributed by atoms with E-state index in [0.29, 0.717) is 0 Å². The molecule has 0 radical (unpaired) electrons. The minimum Gasteiger partial charge on any atom is -0.378 e. The van der Waals surface area contributed by atoms with Crippen molar-refractivity contribution in [3.63, 3.8) is 0 Å². The normalized spacial score (nSPS) is 14.6. The average molecular weight is 390 g/mol. The van der Waals surface area contributed by atoms with Gasteiger partial charge in [0.15, 0.2) is 5.82 Å². The number of fused-ring (bicyclic) bond motifs is 1. The highest BCUT2D eigenvalue weighted by molar-refractivity contribution is 6.51. The molecule has 0 saturated carbocycles. The minimum absolute atomic E-state index is 0.726. The quantitative estimate of drug-likeness (QED) is 0.268. The maximum absolute atomic E-state index is 5.48. The Labute approximate surface area is 171 Å². The van der Waals surface area contributed by atoms with Crippen LogP contribution in [0.2, 0.25) is 6.32 Å². The number of benzene rings is 1. The maximum atomic E-state index is 5.48. The van der Waals surface area contributed by atoms with Gasteiger partial charge in [0.2, 0.25) is 7.28 Å². The Kier molecular flexibility index (Phi) is 6.41. The Balaban J connectivity index is 1.52. The first-order chi connectivity index (χ1) is 14.3. The zero-order chi connectivity index (χ0) is 19.9. The number of rotatable bonds is 8. The molecule has 7 nitrogen and oxygen atoms in total. The highest BCUT2D eigenvalue weighted by Crippen LogP contribution is 2.17. The number of hydrogen-bond acceptors (Lipinski definition) is 6. The van der Waals surface area contributed by atoms with Crippen LogP contribution in [0.4, 0.5) is 11.6 Å². The van der Waals surface area contributed by atoms with Gasteiger partial charge < -0.3 is 14.6 Å². The van der Waals surface area contributed by atoms with Crippen LogP contribution >= 0.6 is 0 Å². The van der Waals surface area contributed by atoms with Crippen molar-refractivity contribution >= 4 is 41.8 Å². The molecule has 8 heteroatoms. The van der Waals surface area contributed by atoms with Gasteiger partial charge in [-0.3, -0.25) is 5.43 Å². The van der Waals surface area contributed by atoms with Gasteiger partial charge in [-0.05, 0) is 6.07 Å². The smallest absolute Gasteiger partial charge is 0.207 e. The zero-order valence-corrected chi connectivity index (χ0v) is 16.9. The van der Waals surface area contributed by atoms with E-state index < -0.39 is 0 Å². The van der Waals surface area contributed by atoms with Crippen molar-refractivity contribution in [1.29, 1.82) is 0 Å². The lowest BCUT2D eigenvalue weighted by Crippen LogP contribution is -2.38. The van der Waals surface area contributed by atoms with Crippen LogP contribution in [0, 0.1) is 0 Å². The molecule has 1 aliphatic rings. The fraction of sp³-hybridized carbons (Fsp3) is 0.381. The van der Waals surface area contributed by atoms with E-state index >= 15 is 0 Å². The molecule has 0 atom stereocenters. The molecule has 1 fully saturated rings. The minimum atomic E-state index is 0.726. The second-order valence-corrected chi connectivity index (χ2v) is 7.24. The topological polar surface area (TPSA) is 78.4 Å². The van der Waals surface area contributed by atoms with E-state index in [0.717, 1.165) is 73.7 Å². The van der Waals surface area contributed by atoms with Crippen molar-refractivity contribution in [2.75, 3.05) is 36.6 Å². The van der Waals surface area contributed by atoms with Crippen LogP contribution in [0.25, 0.3) is 10.9 Å². The molecular formula is C21H27BN6O. The number of hydrogen-bond donors (Lipinski definition) is 2. The molecule has 4 rings (SSSR count). The van der Waals surface area contributed by atoms with E-state index in [1.807, 2.05) is 30.6 Å². The zero-order valence-electron chi connectivity index (χ0n) is 16.9. The third kappa shape index (κ3) is 4.95. The van der Waals surface area contributed by atoms with Gasteiger partial charge in [0.05, 0.1) is 25.2 Å². The third-order valence-electron chi connectivity index (χ3n) is 5.10. The van der Waals surface area contributed by atoms with Gasteiger partial charge in [0, 0.05) is 41.8 Å². The van der Waals surface area contributed by atoms with E-state index in [2.05, 4.69) is 44.5 Å². The fourth-order valence-corrected chi connectivity index (χ4v) is 3.51. The summed E-state index contributed by atoms with van der Waals surface area (Å²) in [7, 11) is 0.882. The maximum Gasteiger partial charge on any atom is 0.207 e. The van der Waals surface area contributed by atoms with Gasteiger partial charge >= 0.3 is 0 Å². The SMILES string of the molecule is CCCCBc1nc(N/N=C/c2c[nH]c3ccccc23)cc(N2CCOCC2)n1. The number of morpholine rings is 1. The molecule has 3 aromatic rings. The molecule has 1 saturated heterocycles. The second kappa shape index (κ2) is 9.56. The summed E-state index contributed by atoms with van der Waals surface area (Å²) in [5.41, 5.74) is 6.11. The summed E-state index contributed by atoms with van der Waals surface area (Å²) in [4.78, 5) is 15.0.